The van der Waals surface area contributed by atoms with E-state index in [1.54, 1.807) is 0 Å². The fourth-order valence-corrected chi connectivity index (χ4v) is 2.79. The first-order valence-corrected chi connectivity index (χ1v) is 7.73. The summed E-state index contributed by atoms with van der Waals surface area (Å²) in [5, 5.41) is 13.1. The van der Waals surface area contributed by atoms with Gasteiger partial charge in [-0.25, -0.2) is 0 Å². The molecule has 1 aromatic rings. The van der Waals surface area contributed by atoms with Crippen LogP contribution in [0, 0.1) is 0 Å². The largest absolute Gasteiger partial charge is 0.488 e. The summed E-state index contributed by atoms with van der Waals surface area (Å²) in [7, 11) is 0. The first kappa shape index (κ1) is 14.7. The van der Waals surface area contributed by atoms with E-state index in [4.69, 9.17) is 9.47 Å². The van der Waals surface area contributed by atoms with Gasteiger partial charge in [-0.3, -0.25) is 0 Å². The Morgan fingerprint density at radius 1 is 1.43 bits per heavy atom. The highest BCUT2D eigenvalue weighted by molar-refractivity contribution is 5.50. The molecular weight excluding hydrogens is 266 g/mol. The lowest BCUT2D eigenvalue weighted by atomic mass is 10.0. The van der Waals surface area contributed by atoms with Crippen molar-refractivity contribution in [2.45, 2.75) is 57.2 Å². The van der Waals surface area contributed by atoms with Gasteiger partial charge in [-0.2, -0.15) is 0 Å². The number of aliphatic hydroxyl groups excluding tert-OH is 1. The number of ether oxygens (including phenoxy) is 2. The molecule has 1 aliphatic heterocycles. The zero-order chi connectivity index (χ0) is 15.1. The number of hydrogen-bond acceptors (Lipinski definition) is 4. The van der Waals surface area contributed by atoms with Crippen LogP contribution in [0.15, 0.2) is 18.2 Å². The summed E-state index contributed by atoms with van der Waals surface area (Å²) >= 11 is 0. The third-order valence-corrected chi connectivity index (χ3v) is 4.08. The number of benzene rings is 1. The molecule has 1 saturated carbocycles. The van der Waals surface area contributed by atoms with Crippen LogP contribution in [-0.2, 0) is 6.42 Å². The number of rotatable bonds is 6. The first-order valence-electron chi connectivity index (χ1n) is 7.73. The summed E-state index contributed by atoms with van der Waals surface area (Å²) < 4.78 is 12.0. The minimum Gasteiger partial charge on any atom is -0.488 e. The normalized spacial score (nSPS) is 22.3. The summed E-state index contributed by atoms with van der Waals surface area (Å²) in [4.78, 5) is 0. The zero-order valence-corrected chi connectivity index (χ0v) is 13.1. The quantitative estimate of drug-likeness (QED) is 0.844. The van der Waals surface area contributed by atoms with E-state index < -0.39 is 5.54 Å². The third-order valence-electron chi connectivity index (χ3n) is 4.08. The second-order valence-corrected chi connectivity index (χ2v) is 7.21. The second-order valence-electron chi connectivity index (χ2n) is 7.21. The lowest BCUT2D eigenvalue weighted by Crippen LogP contribution is -2.51. The van der Waals surface area contributed by atoms with E-state index in [9.17, 15) is 5.11 Å². The van der Waals surface area contributed by atoms with Crippen LogP contribution >= 0.6 is 0 Å². The monoisotopic (exact) mass is 291 g/mol. The summed E-state index contributed by atoms with van der Waals surface area (Å²) in [6, 6.07) is 6.56. The van der Waals surface area contributed by atoms with Crippen molar-refractivity contribution < 1.29 is 14.6 Å². The highest BCUT2D eigenvalue weighted by atomic mass is 16.5. The van der Waals surface area contributed by atoms with Gasteiger partial charge < -0.3 is 19.9 Å². The van der Waals surface area contributed by atoms with Crippen LogP contribution < -0.4 is 14.8 Å². The maximum absolute atomic E-state index is 9.64. The average Bonchev–Trinajstić information content (AvgIpc) is 3.16. The lowest BCUT2D eigenvalue weighted by Gasteiger charge is -2.29. The van der Waals surface area contributed by atoms with Crippen LogP contribution in [0.3, 0.4) is 0 Å². The lowest BCUT2D eigenvalue weighted by molar-refractivity contribution is 0.103. The van der Waals surface area contributed by atoms with Crippen LogP contribution in [0.4, 0.5) is 0 Å². The summed E-state index contributed by atoms with van der Waals surface area (Å²) in [6.07, 6.45) is 3.28. The molecule has 0 saturated heterocycles. The van der Waals surface area contributed by atoms with Gasteiger partial charge in [0.05, 0.1) is 12.1 Å². The molecule has 21 heavy (non-hydrogen) atoms. The molecule has 4 nitrogen and oxygen atoms in total. The molecule has 1 heterocycles. The molecule has 0 amide bonds. The third kappa shape index (κ3) is 3.33. The van der Waals surface area contributed by atoms with Gasteiger partial charge in [0.1, 0.15) is 12.2 Å². The maximum atomic E-state index is 9.64. The predicted octanol–water partition coefficient (Wildman–Crippen LogP) is 2.28. The van der Waals surface area contributed by atoms with Crippen molar-refractivity contribution in [1.82, 2.24) is 5.32 Å². The Morgan fingerprint density at radius 3 is 2.86 bits per heavy atom. The van der Waals surface area contributed by atoms with Gasteiger partial charge in [0.2, 0.25) is 0 Å². The van der Waals surface area contributed by atoms with Crippen LogP contribution in [0.1, 0.15) is 39.2 Å². The van der Waals surface area contributed by atoms with Gasteiger partial charge in [0, 0.05) is 18.0 Å². The van der Waals surface area contributed by atoms with E-state index in [-0.39, 0.29) is 12.2 Å². The van der Waals surface area contributed by atoms with Gasteiger partial charge in [-0.15, -0.1) is 0 Å². The zero-order valence-electron chi connectivity index (χ0n) is 13.1. The number of aliphatic hydroxyl groups is 1. The van der Waals surface area contributed by atoms with Crippen LogP contribution in [0.2, 0.25) is 0 Å². The van der Waals surface area contributed by atoms with Crippen LogP contribution in [0.5, 0.6) is 11.5 Å². The predicted molar refractivity (Wildman–Crippen MR) is 82.0 cm³/mol. The number of para-hydroxylation sites is 1. The summed E-state index contributed by atoms with van der Waals surface area (Å²) in [6.45, 7) is 6.66. The molecule has 116 valence electrons. The van der Waals surface area contributed by atoms with Crippen molar-refractivity contribution in [2.24, 2.45) is 0 Å². The summed E-state index contributed by atoms with van der Waals surface area (Å²) in [5.74, 6) is 1.63. The molecule has 2 N–H and O–H groups in total. The number of nitrogens with one attached hydrogen (secondary N) is 1. The van der Waals surface area contributed by atoms with Crippen LogP contribution in [0.25, 0.3) is 0 Å². The molecule has 1 aliphatic carbocycles. The van der Waals surface area contributed by atoms with Gasteiger partial charge in [-0.05, 0) is 39.7 Å². The smallest absolute Gasteiger partial charge is 0.165 e. The van der Waals surface area contributed by atoms with Crippen molar-refractivity contribution >= 4 is 0 Å². The molecule has 1 atom stereocenters. The second kappa shape index (κ2) is 5.18. The Morgan fingerprint density at radius 2 is 2.19 bits per heavy atom. The van der Waals surface area contributed by atoms with Gasteiger partial charge in [0.15, 0.2) is 11.5 Å². The molecule has 0 radical (unpaired) electrons. The van der Waals surface area contributed by atoms with E-state index in [0.29, 0.717) is 12.6 Å². The van der Waals surface area contributed by atoms with Gasteiger partial charge in [0.25, 0.3) is 0 Å². The number of fused-ring (bicyclic) bond motifs is 1. The van der Waals surface area contributed by atoms with Gasteiger partial charge in [-0.1, -0.05) is 12.1 Å². The SMILES string of the molecule is CC(CO)(COc1cccc2c1OC(C)(C)C2)NC1CC1. The molecule has 4 heteroatoms. The number of hydrogen-bond donors (Lipinski definition) is 2. The van der Waals surface area contributed by atoms with E-state index in [0.717, 1.165) is 17.9 Å². The Bertz CT molecular complexity index is 525. The highest BCUT2D eigenvalue weighted by Crippen LogP contribution is 2.41. The molecule has 0 bridgehead atoms. The summed E-state index contributed by atoms with van der Waals surface area (Å²) in [5.41, 5.74) is 0.616. The Kier molecular flexibility index (Phi) is 3.62. The van der Waals surface area contributed by atoms with E-state index >= 15 is 0 Å². The molecule has 2 aliphatic rings. The van der Waals surface area contributed by atoms with Crippen LogP contribution in [-0.4, -0.2) is 35.5 Å². The maximum Gasteiger partial charge on any atom is 0.165 e. The topological polar surface area (TPSA) is 50.7 Å². The molecule has 1 aromatic carbocycles. The highest BCUT2D eigenvalue weighted by Gasteiger charge is 2.35. The molecule has 1 fully saturated rings. The Labute approximate surface area is 126 Å². The Hall–Kier alpha value is -1.26. The molecule has 3 rings (SSSR count). The van der Waals surface area contributed by atoms with Crippen molar-refractivity contribution in [1.29, 1.82) is 0 Å². The molecule has 1 unspecified atom stereocenters. The fourth-order valence-electron chi connectivity index (χ4n) is 2.79. The standard InChI is InChI=1S/C17H25NO3/c1-16(2)9-12-5-4-6-14(15(12)21-16)20-11-17(3,10-19)18-13-7-8-13/h4-6,13,18-19H,7-11H2,1-3H3. The van der Waals surface area contributed by atoms with E-state index in [1.807, 2.05) is 19.1 Å². The Balaban J connectivity index is 1.70. The average molecular weight is 291 g/mol. The van der Waals surface area contributed by atoms with Crippen molar-refractivity contribution in [3.05, 3.63) is 23.8 Å². The van der Waals surface area contributed by atoms with Gasteiger partial charge >= 0.3 is 0 Å². The minimum absolute atomic E-state index is 0.0604. The first-order chi connectivity index (χ1) is 9.91. The van der Waals surface area contributed by atoms with Crippen molar-refractivity contribution in [3.63, 3.8) is 0 Å². The van der Waals surface area contributed by atoms with Crippen molar-refractivity contribution in [2.75, 3.05) is 13.2 Å². The minimum atomic E-state index is -0.405. The molecular formula is C17H25NO3. The van der Waals surface area contributed by atoms with E-state index in [1.165, 1.54) is 18.4 Å². The fraction of sp³-hybridized carbons (Fsp3) is 0.647. The van der Waals surface area contributed by atoms with E-state index in [2.05, 4.69) is 25.2 Å². The molecule has 0 aromatic heterocycles. The molecule has 0 spiro atoms. The van der Waals surface area contributed by atoms with Crippen molar-refractivity contribution in [3.8, 4) is 11.5 Å².